The summed E-state index contributed by atoms with van der Waals surface area (Å²) in [5.41, 5.74) is -0.241. The third-order valence-electron chi connectivity index (χ3n) is 6.63. The zero-order chi connectivity index (χ0) is 26.9. The van der Waals surface area contributed by atoms with Gasteiger partial charge in [-0.2, -0.15) is 17.6 Å². The Morgan fingerprint density at radius 3 is 2.55 bits per heavy atom. The fourth-order valence-corrected chi connectivity index (χ4v) is 4.99. The molecular weight excluding hydrogens is 529 g/mol. The number of aliphatic imine (C=N–C) groups is 1. The third-order valence-corrected chi connectivity index (χ3v) is 6.86. The van der Waals surface area contributed by atoms with Crippen LogP contribution in [0.3, 0.4) is 0 Å². The van der Waals surface area contributed by atoms with Crippen LogP contribution in [0.25, 0.3) is 0 Å². The molecule has 0 bridgehead atoms. The lowest BCUT2D eigenvalue weighted by Gasteiger charge is -2.36. The van der Waals surface area contributed by atoms with Crippen molar-refractivity contribution in [1.29, 1.82) is 0 Å². The number of pyridine rings is 1. The second kappa shape index (κ2) is 10.4. The molecule has 2 aliphatic rings. The van der Waals surface area contributed by atoms with Gasteiger partial charge in [0.05, 0.1) is 16.8 Å². The smallest absolute Gasteiger partial charge is 0.460 e. The highest BCUT2D eigenvalue weighted by Gasteiger charge is 2.46. The molecule has 2 heterocycles. The first-order valence-electron chi connectivity index (χ1n) is 12.0. The van der Waals surface area contributed by atoms with E-state index in [9.17, 15) is 22.0 Å². The summed E-state index contributed by atoms with van der Waals surface area (Å²) in [6.07, 6.45) is -4.87. The van der Waals surface area contributed by atoms with Gasteiger partial charge in [0, 0.05) is 18.7 Å². The number of benzene rings is 2. The van der Waals surface area contributed by atoms with E-state index in [0.717, 1.165) is 37.0 Å². The van der Waals surface area contributed by atoms with E-state index in [1.165, 1.54) is 6.20 Å². The number of hydrogen-bond acceptors (Lipinski definition) is 5. The maximum absolute atomic E-state index is 14.9. The molecule has 5 rings (SSSR count). The van der Waals surface area contributed by atoms with Crippen molar-refractivity contribution in [2.45, 2.75) is 55.9 Å². The quantitative estimate of drug-likeness (QED) is 0.325. The van der Waals surface area contributed by atoms with Gasteiger partial charge in [0.25, 0.3) is 6.02 Å². The number of ether oxygens (including phenoxy) is 2. The van der Waals surface area contributed by atoms with Gasteiger partial charge in [0.1, 0.15) is 23.2 Å². The topological polar surface area (TPSA) is 55.7 Å². The molecule has 1 saturated carbocycles. The van der Waals surface area contributed by atoms with E-state index >= 15 is 0 Å². The van der Waals surface area contributed by atoms with Crippen molar-refractivity contribution < 1.29 is 31.4 Å². The standard InChI is InChI=1S/C27H23ClF5N3O2/c28-18-9-10-23(34-15-18)26(14-16-5-2-1-3-6-16,36-25-35-21-7-4-8-22(21)37-25)17-11-19(29)13-20(12-17)38-27(32,33)24(30)31/h1-3,5-6,9-13,15,21-22,24H,4,7-8,14H2,(H,35,36)/t21-,22?,26+/m1/s1. The van der Waals surface area contributed by atoms with Gasteiger partial charge in [-0.25, -0.2) is 9.38 Å². The Morgan fingerprint density at radius 1 is 1.08 bits per heavy atom. The van der Waals surface area contributed by atoms with Gasteiger partial charge in [0.15, 0.2) is 0 Å². The third kappa shape index (κ3) is 5.41. The Kier molecular flexibility index (Phi) is 7.17. The molecule has 0 spiro atoms. The second-order valence-electron chi connectivity index (χ2n) is 9.28. The summed E-state index contributed by atoms with van der Waals surface area (Å²) in [6, 6.07) is 15.3. The number of hydrogen-bond donors (Lipinski definition) is 1. The van der Waals surface area contributed by atoms with Crippen molar-refractivity contribution in [2.24, 2.45) is 4.99 Å². The van der Waals surface area contributed by atoms with Crippen molar-refractivity contribution in [3.05, 3.63) is 94.5 Å². The van der Waals surface area contributed by atoms with Crippen molar-refractivity contribution in [3.8, 4) is 5.75 Å². The van der Waals surface area contributed by atoms with Crippen molar-refractivity contribution in [3.63, 3.8) is 0 Å². The molecule has 2 aromatic carbocycles. The Labute approximate surface area is 220 Å². The molecule has 3 atom stereocenters. The first-order valence-corrected chi connectivity index (χ1v) is 12.4. The Balaban J connectivity index is 1.67. The highest BCUT2D eigenvalue weighted by atomic mass is 35.5. The van der Waals surface area contributed by atoms with E-state index in [-0.39, 0.29) is 30.2 Å². The predicted octanol–water partition coefficient (Wildman–Crippen LogP) is 6.49. The number of nitrogens with zero attached hydrogens (tertiary/aromatic N) is 2. The van der Waals surface area contributed by atoms with Gasteiger partial charge < -0.3 is 14.8 Å². The number of aromatic nitrogens is 1. The highest BCUT2D eigenvalue weighted by Crippen LogP contribution is 2.38. The van der Waals surface area contributed by atoms with Gasteiger partial charge in [-0.05, 0) is 54.7 Å². The molecule has 1 unspecified atom stereocenters. The molecule has 200 valence electrons. The first-order chi connectivity index (χ1) is 18.1. The number of halogens is 6. The minimum absolute atomic E-state index is 0.0405. The van der Waals surface area contributed by atoms with Gasteiger partial charge in [-0.15, -0.1) is 0 Å². The highest BCUT2D eigenvalue weighted by molar-refractivity contribution is 6.30. The van der Waals surface area contributed by atoms with Crippen molar-refractivity contribution >= 4 is 17.6 Å². The van der Waals surface area contributed by atoms with Crippen molar-refractivity contribution in [1.82, 2.24) is 10.3 Å². The Bertz CT molecular complexity index is 1310. The molecule has 1 aliphatic carbocycles. The van der Waals surface area contributed by atoms with E-state index in [0.29, 0.717) is 16.8 Å². The summed E-state index contributed by atoms with van der Waals surface area (Å²) < 4.78 is 78.6. The van der Waals surface area contributed by atoms with Crippen LogP contribution in [-0.4, -0.2) is 35.7 Å². The van der Waals surface area contributed by atoms with Crippen LogP contribution >= 0.6 is 11.6 Å². The van der Waals surface area contributed by atoms with Gasteiger partial charge in [0.2, 0.25) is 0 Å². The van der Waals surface area contributed by atoms with Gasteiger partial charge in [-0.1, -0.05) is 41.9 Å². The molecule has 0 amide bonds. The van der Waals surface area contributed by atoms with Gasteiger partial charge in [-0.3, -0.25) is 4.98 Å². The van der Waals surface area contributed by atoms with Crippen LogP contribution in [0.15, 0.2) is 71.9 Å². The zero-order valence-corrected chi connectivity index (χ0v) is 20.6. The summed E-state index contributed by atoms with van der Waals surface area (Å²) in [7, 11) is 0. The minimum atomic E-state index is -4.82. The normalized spacial score (nSPS) is 20.4. The molecule has 1 fully saturated rings. The molecular formula is C27H23ClF5N3O2. The van der Waals surface area contributed by atoms with Crippen molar-refractivity contribution in [2.75, 3.05) is 0 Å². The van der Waals surface area contributed by atoms with Gasteiger partial charge >= 0.3 is 12.5 Å². The maximum Gasteiger partial charge on any atom is 0.461 e. The second-order valence-corrected chi connectivity index (χ2v) is 9.72. The van der Waals surface area contributed by atoms with Crippen LogP contribution < -0.4 is 10.1 Å². The van der Waals surface area contributed by atoms with Crippen LogP contribution in [-0.2, 0) is 16.7 Å². The molecule has 1 aliphatic heterocycles. The lowest BCUT2D eigenvalue weighted by Crippen LogP contribution is -2.49. The summed E-state index contributed by atoms with van der Waals surface area (Å²) >= 11 is 6.09. The summed E-state index contributed by atoms with van der Waals surface area (Å²) in [4.78, 5) is 9.12. The molecule has 0 saturated heterocycles. The lowest BCUT2D eigenvalue weighted by molar-refractivity contribution is -0.253. The minimum Gasteiger partial charge on any atom is -0.460 e. The number of alkyl halides is 4. The average molecular weight is 552 g/mol. The first kappa shape index (κ1) is 26.2. The molecule has 3 aromatic rings. The molecule has 1 N–H and O–H groups in total. The number of nitrogens with one attached hydrogen (secondary N) is 1. The number of amidine groups is 1. The number of fused-ring (bicyclic) bond motifs is 1. The summed E-state index contributed by atoms with van der Waals surface area (Å²) in [6.45, 7) is 0. The number of rotatable bonds is 8. The zero-order valence-electron chi connectivity index (χ0n) is 19.9. The molecule has 0 radical (unpaired) electrons. The molecule has 5 nitrogen and oxygen atoms in total. The monoisotopic (exact) mass is 551 g/mol. The van der Waals surface area contributed by atoms with Crippen LogP contribution in [0, 0.1) is 5.82 Å². The van der Waals surface area contributed by atoms with Crippen LogP contribution in [0.1, 0.15) is 36.1 Å². The van der Waals surface area contributed by atoms with Crippen LogP contribution in [0.2, 0.25) is 5.02 Å². The Morgan fingerprint density at radius 2 is 1.87 bits per heavy atom. The van der Waals surface area contributed by atoms with E-state index in [4.69, 9.17) is 16.3 Å². The summed E-state index contributed by atoms with van der Waals surface area (Å²) in [5, 5.41) is 3.60. The fraction of sp³-hybridized carbons (Fsp3) is 0.333. The fourth-order valence-electron chi connectivity index (χ4n) is 4.88. The molecule has 11 heteroatoms. The predicted molar refractivity (Wildman–Crippen MR) is 131 cm³/mol. The van der Waals surface area contributed by atoms with E-state index < -0.39 is 29.6 Å². The largest absolute Gasteiger partial charge is 0.461 e. The van der Waals surface area contributed by atoms with E-state index in [1.54, 1.807) is 12.1 Å². The molecule has 1 aromatic heterocycles. The van der Waals surface area contributed by atoms with E-state index in [2.05, 4.69) is 20.0 Å². The van der Waals surface area contributed by atoms with E-state index in [1.807, 2.05) is 30.3 Å². The maximum atomic E-state index is 14.9. The average Bonchev–Trinajstić information content (AvgIpc) is 3.46. The van der Waals surface area contributed by atoms with Crippen LogP contribution in [0.4, 0.5) is 22.0 Å². The summed E-state index contributed by atoms with van der Waals surface area (Å²) in [5.74, 6) is -1.74. The molecule has 38 heavy (non-hydrogen) atoms. The van der Waals surface area contributed by atoms with Crippen LogP contribution in [0.5, 0.6) is 5.75 Å². The Hall–Kier alpha value is -3.40. The lowest BCUT2D eigenvalue weighted by atomic mass is 9.80. The SMILES string of the molecule is Fc1cc(OC(F)(F)C(F)F)cc([C@](Cc2ccccc2)(NC2=N[C@@H]3CCCC3O2)c2ccc(Cl)cn2)c1.